The number of benzene rings is 4. The summed E-state index contributed by atoms with van der Waals surface area (Å²) in [6.45, 7) is 8.46. The molecule has 2 atom stereocenters. The van der Waals surface area contributed by atoms with Gasteiger partial charge in [-0.25, -0.2) is 0 Å². The Bertz CT molecular complexity index is 1310. The summed E-state index contributed by atoms with van der Waals surface area (Å²) in [6, 6.07) is 33.5. The number of hydrogen-bond donors (Lipinski definition) is 0. The minimum atomic E-state index is -3.62. The summed E-state index contributed by atoms with van der Waals surface area (Å²) in [7, 11) is 0.946. The van der Waals surface area contributed by atoms with Crippen molar-refractivity contribution in [3.63, 3.8) is 0 Å². The van der Waals surface area contributed by atoms with Gasteiger partial charge >= 0.3 is 27.0 Å². The molecule has 1 N–H and O–H groups in total. The first-order valence-electron chi connectivity index (χ1n) is 12.3. The van der Waals surface area contributed by atoms with Crippen LogP contribution in [0, 0.1) is 27.0 Å². The fourth-order valence-electron chi connectivity index (χ4n) is 3.84. The van der Waals surface area contributed by atoms with Crippen molar-refractivity contribution in [3.05, 3.63) is 156 Å². The Kier molecular flexibility index (Phi) is 15.5. The summed E-state index contributed by atoms with van der Waals surface area (Å²) in [5, 5.41) is 0. The fraction of sp³-hybridized carbons (Fsp3) is 0.212. The summed E-state index contributed by atoms with van der Waals surface area (Å²) < 4.78 is 25.8. The van der Waals surface area contributed by atoms with Crippen molar-refractivity contribution in [3.8, 4) is 0 Å². The van der Waals surface area contributed by atoms with Crippen molar-refractivity contribution in [2.75, 3.05) is 0 Å². The number of halogens is 1. The van der Waals surface area contributed by atoms with E-state index in [1.807, 2.05) is 84.9 Å². The van der Waals surface area contributed by atoms with E-state index in [4.69, 9.17) is 5.73 Å². The molecule has 0 radical (unpaired) electrons. The Hall–Kier alpha value is -2.30. The zero-order valence-corrected chi connectivity index (χ0v) is 26.5. The average Bonchev–Trinajstić information content (AvgIpc) is 2.94. The van der Waals surface area contributed by atoms with Crippen molar-refractivity contribution in [2.24, 2.45) is 0 Å². The van der Waals surface area contributed by atoms with Crippen LogP contribution >= 0.6 is 9.69 Å². The molecule has 0 heterocycles. The number of sulfone groups is 1. The van der Waals surface area contributed by atoms with Gasteiger partial charge in [-0.3, -0.25) is 8.42 Å². The molecular weight excluding hydrogens is 611 g/mol. The molecule has 0 aliphatic heterocycles. The zero-order chi connectivity index (χ0) is 28.1. The third kappa shape index (κ3) is 11.0. The maximum absolute atomic E-state index is 12.9. The predicted molar refractivity (Wildman–Crippen MR) is 163 cm³/mol. The van der Waals surface area contributed by atoms with Gasteiger partial charge in [-0.2, -0.15) is 5.75 Å². The van der Waals surface area contributed by atoms with Crippen LogP contribution in [0.1, 0.15) is 59.5 Å². The minimum absolute atomic E-state index is 0. The fourth-order valence-corrected chi connectivity index (χ4v) is 5.22. The average molecular weight is 649 g/mol. The molecule has 0 aliphatic rings. The van der Waals surface area contributed by atoms with E-state index in [9.17, 15) is 8.42 Å². The summed E-state index contributed by atoms with van der Waals surface area (Å²) in [5.74, 6) is 1.41. The molecule has 1 unspecified atom stereocenters. The van der Waals surface area contributed by atoms with E-state index in [-0.39, 0.29) is 12.3 Å². The molecule has 39 heavy (non-hydrogen) atoms. The van der Waals surface area contributed by atoms with E-state index >= 15 is 0 Å². The molecule has 3 nitrogen and oxygen atoms in total. The van der Waals surface area contributed by atoms with Crippen LogP contribution in [0.3, 0.4) is 0 Å². The summed E-state index contributed by atoms with van der Waals surface area (Å²) in [4.78, 5) is 0.254. The third-order valence-electron chi connectivity index (χ3n) is 6.12. The molecule has 0 aromatic heterocycles. The number of aryl methyl sites for hydroxylation is 2. The van der Waals surface area contributed by atoms with Gasteiger partial charge in [0.15, 0.2) is 0 Å². The number of hydrogen-bond acceptors (Lipinski definition) is 2. The van der Waals surface area contributed by atoms with Crippen molar-refractivity contribution < 1.29 is 25.7 Å². The molecule has 4 rings (SSSR count). The monoisotopic (exact) mass is 649 g/mol. The Labute approximate surface area is 250 Å². The second-order valence-electron chi connectivity index (χ2n) is 9.38. The van der Waals surface area contributed by atoms with Crippen molar-refractivity contribution in [1.29, 1.82) is 0 Å². The predicted octanol–water partition coefficient (Wildman–Crippen LogP) is 9.76. The van der Waals surface area contributed by atoms with Crippen LogP contribution < -0.4 is 0 Å². The SMILES string of the molecule is Cc1ccc(C(C)C)cc1.Cc1ccc(S(=O)(=O)[CH-][C@H](c2ccccc2)C([NH-])c2ccccc2)cc1.[CH3-].[Cl][Ru+3]. The van der Waals surface area contributed by atoms with E-state index < -0.39 is 21.8 Å². The van der Waals surface area contributed by atoms with Gasteiger partial charge in [-0.1, -0.05) is 133 Å². The van der Waals surface area contributed by atoms with Crippen LogP contribution in [0.25, 0.3) is 5.73 Å². The van der Waals surface area contributed by atoms with Gasteiger partial charge in [0.25, 0.3) is 0 Å². The summed E-state index contributed by atoms with van der Waals surface area (Å²) >= 11 is 1.82. The van der Waals surface area contributed by atoms with Crippen LogP contribution in [-0.2, 0) is 27.1 Å². The van der Waals surface area contributed by atoms with E-state index in [2.05, 4.69) is 54.7 Å². The van der Waals surface area contributed by atoms with Crippen LogP contribution in [0.2, 0.25) is 0 Å². The van der Waals surface area contributed by atoms with Gasteiger partial charge < -0.3 is 13.2 Å². The van der Waals surface area contributed by atoms with Crippen molar-refractivity contribution in [2.45, 2.75) is 50.5 Å². The standard InChI is InChI=1S/C22H21NO2S.C10H14.CH3.ClH.Ru/c1-17-12-14-20(15-13-17)26(24,25)16-21(18-8-4-2-5-9-18)22(23)19-10-6-3-7-11-19;1-8(2)10-6-4-9(3)5-7-10;;;/h2-16,21-23H,1H3;4-8H,1-3H3;1H3;1H;/q-2;;-1;;+4/p-1/t21-,22?;;;;/m1..../s1. The van der Waals surface area contributed by atoms with Crippen LogP contribution in [0.5, 0.6) is 0 Å². The van der Waals surface area contributed by atoms with Gasteiger partial charge in [0, 0.05) is 4.90 Å². The molecule has 0 bridgehead atoms. The Balaban J connectivity index is 0.000000493. The molecule has 0 saturated heterocycles. The molecular formula is C33H38ClNO2RuS. The number of nitrogens with one attached hydrogen (secondary N) is 1. The Morgan fingerprint density at radius 1 is 0.667 bits per heavy atom. The molecule has 208 valence electrons. The first-order valence-corrected chi connectivity index (χ1v) is 16.1. The topological polar surface area (TPSA) is 57.9 Å². The molecule has 0 saturated carbocycles. The molecule has 0 aliphatic carbocycles. The molecule has 0 amide bonds. The Morgan fingerprint density at radius 2 is 1.08 bits per heavy atom. The van der Waals surface area contributed by atoms with Crippen LogP contribution in [0.4, 0.5) is 0 Å². The molecule has 4 aromatic carbocycles. The molecule has 0 fully saturated rings. The summed E-state index contributed by atoms with van der Waals surface area (Å²) in [5.41, 5.74) is 14.1. The second-order valence-corrected chi connectivity index (χ2v) is 11.2. The normalized spacial score (nSPS) is 12.1. The first kappa shape index (κ1) is 34.7. The molecule has 4 aromatic rings. The van der Waals surface area contributed by atoms with E-state index in [0.29, 0.717) is 5.92 Å². The van der Waals surface area contributed by atoms with E-state index in [1.165, 1.54) is 16.9 Å². The van der Waals surface area contributed by atoms with Gasteiger partial charge in [-0.05, 0) is 37.5 Å². The number of rotatable bonds is 7. The summed E-state index contributed by atoms with van der Waals surface area (Å²) in [6.07, 6.45) is 0. The van der Waals surface area contributed by atoms with Crippen LogP contribution in [0.15, 0.2) is 114 Å². The van der Waals surface area contributed by atoms with Gasteiger partial charge in [0.05, 0.1) is 9.84 Å². The second kappa shape index (κ2) is 17.4. The van der Waals surface area contributed by atoms with E-state index in [0.717, 1.165) is 16.7 Å². The molecule has 6 heteroatoms. The van der Waals surface area contributed by atoms with Crippen molar-refractivity contribution in [1.82, 2.24) is 0 Å². The zero-order valence-electron chi connectivity index (χ0n) is 23.2. The van der Waals surface area contributed by atoms with Gasteiger partial charge in [0.1, 0.15) is 0 Å². The van der Waals surface area contributed by atoms with E-state index in [1.54, 1.807) is 24.3 Å². The maximum atomic E-state index is 12.9. The van der Waals surface area contributed by atoms with Gasteiger partial charge in [0.2, 0.25) is 0 Å². The van der Waals surface area contributed by atoms with Crippen LogP contribution in [-0.4, -0.2) is 8.42 Å². The molecule has 0 spiro atoms. The quantitative estimate of drug-likeness (QED) is 0.148. The third-order valence-corrected chi connectivity index (χ3v) is 7.70. The van der Waals surface area contributed by atoms with Crippen molar-refractivity contribution >= 4 is 19.5 Å². The van der Waals surface area contributed by atoms with Gasteiger partial charge in [-0.15, -0.1) is 12.0 Å². The first-order chi connectivity index (χ1) is 18.2. The Morgan fingerprint density at radius 3 is 1.51 bits per heavy atom.